The van der Waals surface area contributed by atoms with Gasteiger partial charge in [0.1, 0.15) is 11.8 Å². The molecule has 8 nitrogen and oxygen atoms in total. The van der Waals surface area contributed by atoms with Crippen LogP contribution in [0.2, 0.25) is 0 Å². The summed E-state index contributed by atoms with van der Waals surface area (Å²) in [4.78, 5) is 35.4. The number of carbonyl (C=O) groups is 2. The Morgan fingerprint density at radius 2 is 2.17 bits per heavy atom. The highest BCUT2D eigenvalue weighted by molar-refractivity contribution is 5.87. The molecule has 1 saturated heterocycles. The number of nitrogens with zero attached hydrogens (tertiary/aromatic N) is 2. The van der Waals surface area contributed by atoms with E-state index in [2.05, 4.69) is 0 Å². The van der Waals surface area contributed by atoms with Crippen LogP contribution < -0.4 is 10.5 Å². The quantitative estimate of drug-likeness (QED) is 0.645. The molecular weight excluding hydrogens is 302 g/mol. The van der Waals surface area contributed by atoms with Gasteiger partial charge in [-0.15, -0.1) is 0 Å². The fourth-order valence-electron chi connectivity index (χ4n) is 2.68. The molecule has 1 aliphatic rings. The molecule has 1 heterocycles. The first-order valence-corrected chi connectivity index (χ1v) is 7.37. The van der Waals surface area contributed by atoms with Crippen LogP contribution in [0.25, 0.3) is 0 Å². The highest BCUT2D eigenvalue weighted by atomic mass is 16.6. The topological polar surface area (TPSA) is 116 Å². The Morgan fingerprint density at radius 3 is 2.78 bits per heavy atom. The average Bonchev–Trinajstić information content (AvgIpc) is 2.52. The zero-order valence-corrected chi connectivity index (χ0v) is 12.9. The molecule has 0 radical (unpaired) electrons. The molecule has 0 aliphatic carbocycles. The van der Waals surface area contributed by atoms with Gasteiger partial charge >= 0.3 is 0 Å². The van der Waals surface area contributed by atoms with Gasteiger partial charge in [-0.2, -0.15) is 0 Å². The predicted molar refractivity (Wildman–Crippen MR) is 81.9 cm³/mol. The number of carbonyl (C=O) groups excluding carboxylic acids is 2. The lowest BCUT2D eigenvalue weighted by molar-refractivity contribution is -0.385. The van der Waals surface area contributed by atoms with Crippen molar-refractivity contribution in [2.75, 3.05) is 13.2 Å². The van der Waals surface area contributed by atoms with Crippen LogP contribution in [0.3, 0.4) is 0 Å². The molecule has 0 unspecified atom stereocenters. The number of rotatable bonds is 5. The fourth-order valence-corrected chi connectivity index (χ4v) is 2.68. The number of amides is 2. The van der Waals surface area contributed by atoms with Gasteiger partial charge in [0.15, 0.2) is 6.61 Å². The Kier molecular flexibility index (Phi) is 5.15. The molecule has 0 bridgehead atoms. The van der Waals surface area contributed by atoms with Crippen LogP contribution >= 0.6 is 0 Å². The number of nitro groups is 1. The van der Waals surface area contributed by atoms with Crippen molar-refractivity contribution in [3.63, 3.8) is 0 Å². The van der Waals surface area contributed by atoms with Gasteiger partial charge in [0.05, 0.1) is 4.92 Å². The Bertz CT molecular complexity index is 632. The molecule has 0 saturated carbocycles. The van der Waals surface area contributed by atoms with Gasteiger partial charge in [-0.25, -0.2) is 0 Å². The van der Waals surface area contributed by atoms with E-state index in [0.29, 0.717) is 24.3 Å². The number of benzene rings is 1. The minimum Gasteiger partial charge on any atom is -0.484 e. The van der Waals surface area contributed by atoms with Gasteiger partial charge in [0, 0.05) is 18.2 Å². The summed E-state index contributed by atoms with van der Waals surface area (Å²) in [7, 11) is 0. The molecule has 0 spiro atoms. The maximum Gasteiger partial charge on any atom is 0.272 e. The summed E-state index contributed by atoms with van der Waals surface area (Å²) in [6.45, 7) is 1.84. The normalized spacial score (nSPS) is 17.6. The lowest BCUT2D eigenvalue weighted by Crippen LogP contribution is -2.51. The number of aryl methyl sites for hydroxylation is 1. The van der Waals surface area contributed by atoms with Crippen LogP contribution in [0.15, 0.2) is 18.2 Å². The maximum atomic E-state index is 12.2. The summed E-state index contributed by atoms with van der Waals surface area (Å²) < 4.78 is 5.40. The van der Waals surface area contributed by atoms with Crippen LogP contribution in [-0.4, -0.2) is 40.8 Å². The van der Waals surface area contributed by atoms with Crippen molar-refractivity contribution >= 4 is 17.5 Å². The first kappa shape index (κ1) is 16.7. The molecule has 124 valence electrons. The van der Waals surface area contributed by atoms with E-state index in [0.717, 1.165) is 12.8 Å². The molecule has 0 aromatic heterocycles. The summed E-state index contributed by atoms with van der Waals surface area (Å²) in [6, 6.07) is 3.70. The molecule has 23 heavy (non-hydrogen) atoms. The Morgan fingerprint density at radius 1 is 1.43 bits per heavy atom. The van der Waals surface area contributed by atoms with E-state index in [1.807, 2.05) is 0 Å². The zero-order valence-electron chi connectivity index (χ0n) is 12.9. The fraction of sp³-hybridized carbons (Fsp3) is 0.467. The number of primary amides is 1. The number of hydrogen-bond donors (Lipinski definition) is 1. The minimum absolute atomic E-state index is 0.00602. The Hall–Kier alpha value is -2.64. The van der Waals surface area contributed by atoms with Crippen LogP contribution in [0.5, 0.6) is 5.75 Å². The largest absolute Gasteiger partial charge is 0.484 e. The SMILES string of the molecule is Cc1cc(OCC(=O)N2CCCC[C@@H]2C(N)=O)ccc1[N+](=O)[O-]. The molecule has 1 aromatic rings. The van der Waals surface area contributed by atoms with Crippen LogP contribution in [-0.2, 0) is 9.59 Å². The molecule has 8 heteroatoms. The van der Waals surface area contributed by atoms with Crippen molar-refractivity contribution < 1.29 is 19.2 Å². The monoisotopic (exact) mass is 321 g/mol. The number of likely N-dealkylation sites (tertiary alicyclic amines) is 1. The summed E-state index contributed by atoms with van der Waals surface area (Å²) in [6.07, 6.45) is 2.25. The van der Waals surface area contributed by atoms with E-state index in [1.54, 1.807) is 6.92 Å². The summed E-state index contributed by atoms with van der Waals surface area (Å²) in [5.41, 5.74) is 5.78. The van der Waals surface area contributed by atoms with E-state index < -0.39 is 16.9 Å². The van der Waals surface area contributed by atoms with Crippen molar-refractivity contribution in [2.45, 2.75) is 32.2 Å². The van der Waals surface area contributed by atoms with E-state index >= 15 is 0 Å². The van der Waals surface area contributed by atoms with E-state index in [1.165, 1.54) is 23.1 Å². The molecular formula is C15H19N3O5. The van der Waals surface area contributed by atoms with Gasteiger partial charge < -0.3 is 15.4 Å². The van der Waals surface area contributed by atoms with Gasteiger partial charge in [0.2, 0.25) is 5.91 Å². The third-order valence-corrected chi connectivity index (χ3v) is 3.88. The third kappa shape index (κ3) is 3.97. The van der Waals surface area contributed by atoms with Crippen molar-refractivity contribution in [1.29, 1.82) is 0 Å². The van der Waals surface area contributed by atoms with Gasteiger partial charge in [-0.3, -0.25) is 19.7 Å². The predicted octanol–water partition coefficient (Wildman–Crippen LogP) is 1.15. The number of nitro benzene ring substituents is 1. The highest BCUT2D eigenvalue weighted by Crippen LogP contribution is 2.23. The lowest BCUT2D eigenvalue weighted by Gasteiger charge is -2.33. The molecule has 1 fully saturated rings. The second-order valence-corrected chi connectivity index (χ2v) is 5.50. The smallest absolute Gasteiger partial charge is 0.272 e. The summed E-state index contributed by atoms with van der Waals surface area (Å²) >= 11 is 0. The second-order valence-electron chi connectivity index (χ2n) is 5.50. The van der Waals surface area contributed by atoms with E-state index in [4.69, 9.17) is 10.5 Å². The number of ether oxygens (including phenoxy) is 1. The number of piperidine rings is 1. The first-order chi connectivity index (χ1) is 10.9. The molecule has 2 N–H and O–H groups in total. The Balaban J connectivity index is 1.99. The summed E-state index contributed by atoms with van der Waals surface area (Å²) in [5.74, 6) is -0.456. The van der Waals surface area contributed by atoms with Crippen molar-refractivity contribution in [3.8, 4) is 5.75 Å². The third-order valence-electron chi connectivity index (χ3n) is 3.88. The zero-order chi connectivity index (χ0) is 17.0. The lowest BCUT2D eigenvalue weighted by atomic mass is 10.0. The first-order valence-electron chi connectivity index (χ1n) is 7.37. The molecule has 1 aromatic carbocycles. The molecule has 2 rings (SSSR count). The van der Waals surface area contributed by atoms with Crippen molar-refractivity contribution in [1.82, 2.24) is 4.90 Å². The number of hydrogen-bond acceptors (Lipinski definition) is 5. The van der Waals surface area contributed by atoms with Crippen LogP contribution in [0.4, 0.5) is 5.69 Å². The second kappa shape index (κ2) is 7.08. The minimum atomic E-state index is -0.585. The molecule has 2 amide bonds. The molecule has 1 atom stereocenters. The van der Waals surface area contributed by atoms with Gasteiger partial charge in [0.25, 0.3) is 11.6 Å². The van der Waals surface area contributed by atoms with Crippen molar-refractivity contribution in [2.24, 2.45) is 5.73 Å². The van der Waals surface area contributed by atoms with Crippen molar-refractivity contribution in [3.05, 3.63) is 33.9 Å². The van der Waals surface area contributed by atoms with E-state index in [9.17, 15) is 19.7 Å². The van der Waals surface area contributed by atoms with E-state index in [-0.39, 0.29) is 18.2 Å². The Labute approximate surface area is 133 Å². The standard InChI is InChI=1S/C15H19N3O5/c1-10-8-11(5-6-12(10)18(21)22)23-9-14(19)17-7-3-2-4-13(17)15(16)20/h5-6,8,13H,2-4,7,9H2,1H3,(H2,16,20)/t13-/m1/s1. The van der Waals surface area contributed by atoms with Gasteiger partial charge in [-0.05, 0) is 38.3 Å². The van der Waals surface area contributed by atoms with Gasteiger partial charge in [-0.1, -0.05) is 0 Å². The van der Waals surface area contributed by atoms with Crippen LogP contribution in [0.1, 0.15) is 24.8 Å². The summed E-state index contributed by atoms with van der Waals surface area (Å²) in [5, 5.41) is 10.8. The average molecular weight is 321 g/mol. The maximum absolute atomic E-state index is 12.2. The highest BCUT2D eigenvalue weighted by Gasteiger charge is 2.30. The van der Waals surface area contributed by atoms with Crippen LogP contribution in [0, 0.1) is 17.0 Å². The molecule has 1 aliphatic heterocycles. The number of nitrogens with two attached hydrogens (primary N) is 1.